The first-order valence-corrected chi connectivity index (χ1v) is 8.02. The second kappa shape index (κ2) is 7.64. The Labute approximate surface area is 152 Å². The molecule has 0 atom stereocenters. The van der Waals surface area contributed by atoms with Gasteiger partial charge in [0.2, 0.25) is 5.75 Å². The number of carbonyl (C=O) groups excluding carboxylic acids is 1. The fourth-order valence-corrected chi connectivity index (χ4v) is 2.83. The van der Waals surface area contributed by atoms with Crippen molar-refractivity contribution in [3.05, 3.63) is 53.1 Å². The zero-order valence-corrected chi connectivity index (χ0v) is 14.8. The Morgan fingerprint density at radius 2 is 1.81 bits per heavy atom. The summed E-state index contributed by atoms with van der Waals surface area (Å²) in [5.41, 5.74) is 2.90. The third-order valence-electron chi connectivity index (χ3n) is 4.21. The average Bonchev–Trinajstić information content (AvgIpc) is 3.05. The van der Waals surface area contributed by atoms with Gasteiger partial charge in [0.25, 0.3) is 0 Å². The molecule has 0 fully saturated rings. The van der Waals surface area contributed by atoms with Gasteiger partial charge in [-0.3, -0.25) is 4.79 Å². The predicted octanol–water partition coefficient (Wildman–Crippen LogP) is 1.83. The topological polar surface area (TPSA) is 74.2 Å². The summed E-state index contributed by atoms with van der Waals surface area (Å²) in [5.74, 6) is 1.06. The van der Waals surface area contributed by atoms with Crippen LogP contribution in [-0.2, 0) is 11.3 Å². The molecule has 0 amide bonds. The van der Waals surface area contributed by atoms with Crippen molar-refractivity contribution in [1.29, 1.82) is 0 Å². The van der Waals surface area contributed by atoms with Crippen LogP contribution in [0.2, 0.25) is 0 Å². The number of carbonyl (C=O) groups is 1. The van der Waals surface area contributed by atoms with E-state index in [1.165, 1.54) is 27.4 Å². The van der Waals surface area contributed by atoms with E-state index < -0.39 is 7.12 Å². The first-order chi connectivity index (χ1) is 12.6. The molecule has 134 valence electrons. The Hall–Kier alpha value is -2.77. The van der Waals surface area contributed by atoms with Crippen LogP contribution in [0, 0.1) is 0 Å². The van der Waals surface area contributed by atoms with Gasteiger partial charge in [0.1, 0.15) is 0 Å². The second-order valence-electron chi connectivity index (χ2n) is 5.73. The number of ether oxygens (including phenoxy) is 3. The first kappa shape index (κ1) is 18.0. The van der Waals surface area contributed by atoms with Gasteiger partial charge in [0.15, 0.2) is 17.3 Å². The summed E-state index contributed by atoms with van der Waals surface area (Å²) in [5, 5.41) is 9.77. The molecular weight excluding hydrogens is 335 g/mol. The molecule has 2 aromatic rings. The van der Waals surface area contributed by atoms with Crippen molar-refractivity contribution >= 4 is 24.4 Å². The van der Waals surface area contributed by atoms with Gasteiger partial charge in [-0.15, -0.1) is 0 Å². The molecular formula is C19H19BO6. The lowest BCUT2D eigenvalue weighted by molar-refractivity contribution is 0.104. The SMILES string of the molecule is COc1cc(C(=O)/C=C/c2ccc3c(c2)B(O)OC3)cc(OC)c1OC. The van der Waals surface area contributed by atoms with E-state index in [1.807, 2.05) is 18.2 Å². The molecule has 0 unspecified atom stereocenters. The third-order valence-corrected chi connectivity index (χ3v) is 4.21. The molecule has 0 saturated heterocycles. The summed E-state index contributed by atoms with van der Waals surface area (Å²) in [4.78, 5) is 12.5. The normalized spacial score (nSPS) is 13.0. The van der Waals surface area contributed by atoms with E-state index in [2.05, 4.69) is 0 Å². The van der Waals surface area contributed by atoms with Gasteiger partial charge < -0.3 is 23.9 Å². The van der Waals surface area contributed by atoms with Gasteiger partial charge in [-0.05, 0) is 34.8 Å². The monoisotopic (exact) mass is 354 g/mol. The third kappa shape index (κ3) is 3.45. The maximum atomic E-state index is 12.5. The number of fused-ring (bicyclic) bond motifs is 1. The smallest absolute Gasteiger partial charge is 0.491 e. The number of ketones is 1. The van der Waals surface area contributed by atoms with Crippen molar-refractivity contribution in [1.82, 2.24) is 0 Å². The number of benzene rings is 2. The zero-order chi connectivity index (χ0) is 18.7. The van der Waals surface area contributed by atoms with Gasteiger partial charge in [-0.2, -0.15) is 0 Å². The Balaban J connectivity index is 1.86. The molecule has 0 aromatic heterocycles. The van der Waals surface area contributed by atoms with E-state index in [1.54, 1.807) is 18.2 Å². The minimum atomic E-state index is -0.913. The standard InChI is InChI=1S/C19H19BO6/c1-23-17-9-14(10-18(24-2)19(17)25-3)16(21)7-5-12-4-6-13-11-26-20(22)15(13)8-12/h4-10,22H,11H2,1-3H3/b7-5+. The molecule has 0 bridgehead atoms. The summed E-state index contributed by atoms with van der Waals surface area (Å²) in [7, 11) is 3.59. The molecule has 0 radical (unpaired) electrons. The summed E-state index contributed by atoms with van der Waals surface area (Å²) in [6.07, 6.45) is 3.15. The Kier molecular flexibility index (Phi) is 5.30. The van der Waals surface area contributed by atoms with E-state index in [0.29, 0.717) is 29.4 Å². The number of hydrogen-bond donors (Lipinski definition) is 1. The highest BCUT2D eigenvalue weighted by molar-refractivity contribution is 6.61. The second-order valence-corrected chi connectivity index (χ2v) is 5.73. The Morgan fingerprint density at radius 3 is 2.42 bits per heavy atom. The van der Waals surface area contributed by atoms with Crippen LogP contribution < -0.4 is 19.7 Å². The molecule has 1 aliphatic rings. The van der Waals surface area contributed by atoms with Gasteiger partial charge in [-0.1, -0.05) is 24.3 Å². The molecule has 6 nitrogen and oxygen atoms in total. The maximum Gasteiger partial charge on any atom is 0.491 e. The van der Waals surface area contributed by atoms with Crippen LogP contribution in [0.25, 0.3) is 6.08 Å². The van der Waals surface area contributed by atoms with Crippen LogP contribution in [0.15, 0.2) is 36.4 Å². The number of hydrogen-bond acceptors (Lipinski definition) is 6. The molecule has 7 heteroatoms. The minimum Gasteiger partial charge on any atom is -0.493 e. The molecule has 0 aliphatic carbocycles. The summed E-state index contributed by atoms with van der Waals surface area (Å²) >= 11 is 0. The fraction of sp³-hybridized carbons (Fsp3) is 0.211. The van der Waals surface area contributed by atoms with Crippen LogP contribution in [0.4, 0.5) is 0 Å². The van der Waals surface area contributed by atoms with E-state index in [-0.39, 0.29) is 5.78 Å². The molecule has 2 aromatic carbocycles. The number of methoxy groups -OCH3 is 3. The summed E-state index contributed by atoms with van der Waals surface area (Å²) < 4.78 is 21.0. The maximum absolute atomic E-state index is 12.5. The highest BCUT2D eigenvalue weighted by Gasteiger charge is 2.26. The molecule has 0 saturated carbocycles. The van der Waals surface area contributed by atoms with Gasteiger partial charge in [0, 0.05) is 5.56 Å². The van der Waals surface area contributed by atoms with Crippen LogP contribution >= 0.6 is 0 Å². The highest BCUT2D eigenvalue weighted by Crippen LogP contribution is 2.38. The minimum absolute atomic E-state index is 0.207. The molecule has 1 aliphatic heterocycles. The van der Waals surface area contributed by atoms with Crippen LogP contribution in [0.3, 0.4) is 0 Å². The average molecular weight is 354 g/mol. The van der Waals surface area contributed by atoms with Crippen molar-refractivity contribution in [2.75, 3.05) is 21.3 Å². The van der Waals surface area contributed by atoms with Crippen LogP contribution in [0.1, 0.15) is 21.5 Å². The molecule has 26 heavy (non-hydrogen) atoms. The largest absolute Gasteiger partial charge is 0.493 e. The molecule has 1 heterocycles. The number of rotatable bonds is 6. The van der Waals surface area contributed by atoms with Crippen LogP contribution in [0.5, 0.6) is 17.2 Å². The van der Waals surface area contributed by atoms with E-state index in [0.717, 1.165) is 16.6 Å². The summed E-state index contributed by atoms with van der Waals surface area (Å²) in [6, 6.07) is 8.78. The van der Waals surface area contributed by atoms with Crippen molar-refractivity contribution in [3.63, 3.8) is 0 Å². The molecule has 3 rings (SSSR count). The van der Waals surface area contributed by atoms with Crippen molar-refractivity contribution in [3.8, 4) is 17.2 Å². The lowest BCUT2D eigenvalue weighted by Gasteiger charge is -2.13. The van der Waals surface area contributed by atoms with E-state index in [4.69, 9.17) is 18.9 Å². The van der Waals surface area contributed by atoms with Crippen molar-refractivity contribution < 1.29 is 28.7 Å². The Bertz CT molecular complexity index is 836. The quantitative estimate of drug-likeness (QED) is 0.485. The van der Waals surface area contributed by atoms with Gasteiger partial charge in [0.05, 0.1) is 27.9 Å². The van der Waals surface area contributed by atoms with Crippen molar-refractivity contribution in [2.45, 2.75) is 6.61 Å². The molecule has 0 spiro atoms. The van der Waals surface area contributed by atoms with E-state index in [9.17, 15) is 9.82 Å². The zero-order valence-electron chi connectivity index (χ0n) is 14.8. The highest BCUT2D eigenvalue weighted by atomic mass is 16.5. The lowest BCUT2D eigenvalue weighted by atomic mass is 9.79. The van der Waals surface area contributed by atoms with Gasteiger partial charge in [-0.25, -0.2) is 0 Å². The molecule has 1 N–H and O–H groups in total. The van der Waals surface area contributed by atoms with Crippen LogP contribution in [-0.4, -0.2) is 39.3 Å². The lowest BCUT2D eigenvalue weighted by Crippen LogP contribution is -2.28. The van der Waals surface area contributed by atoms with E-state index >= 15 is 0 Å². The Morgan fingerprint density at radius 1 is 1.12 bits per heavy atom. The first-order valence-electron chi connectivity index (χ1n) is 8.02. The summed E-state index contributed by atoms with van der Waals surface area (Å²) in [6.45, 7) is 0.394. The number of allylic oxidation sites excluding steroid dienone is 1. The predicted molar refractivity (Wildman–Crippen MR) is 98.3 cm³/mol. The van der Waals surface area contributed by atoms with Crippen molar-refractivity contribution in [2.24, 2.45) is 0 Å². The fourth-order valence-electron chi connectivity index (χ4n) is 2.83. The van der Waals surface area contributed by atoms with Gasteiger partial charge >= 0.3 is 7.12 Å².